The lowest BCUT2D eigenvalue weighted by Gasteiger charge is -2.19. The predicted molar refractivity (Wildman–Crippen MR) is 106 cm³/mol. The maximum Gasteiger partial charge on any atom is 0.329 e. The second-order valence-corrected chi connectivity index (χ2v) is 7.33. The molecule has 0 radical (unpaired) electrons. The summed E-state index contributed by atoms with van der Waals surface area (Å²) in [6.45, 7) is 3.33. The predicted octanol–water partition coefficient (Wildman–Crippen LogP) is 3.97. The van der Waals surface area contributed by atoms with Crippen molar-refractivity contribution in [1.29, 1.82) is 0 Å². The molecule has 2 aromatic carbocycles. The molecule has 2 aliphatic heterocycles. The van der Waals surface area contributed by atoms with E-state index in [1.165, 1.54) is 24.3 Å². The summed E-state index contributed by atoms with van der Waals surface area (Å²) in [6, 6.07) is 8.50. The molecule has 4 rings (SSSR count). The highest BCUT2D eigenvalue weighted by atomic mass is 19.1. The summed E-state index contributed by atoms with van der Waals surface area (Å²) < 4.78 is 28.5. The van der Waals surface area contributed by atoms with Crippen LogP contribution in [0.1, 0.15) is 29.5 Å². The van der Waals surface area contributed by atoms with Gasteiger partial charge < -0.3 is 10.2 Å². The first-order chi connectivity index (χ1) is 13.9. The Morgan fingerprint density at radius 2 is 1.79 bits per heavy atom. The lowest BCUT2D eigenvalue weighted by Crippen LogP contribution is -2.30. The molecule has 0 spiro atoms. The zero-order chi connectivity index (χ0) is 20.5. The van der Waals surface area contributed by atoms with Crippen molar-refractivity contribution in [2.45, 2.75) is 26.3 Å². The normalized spacial score (nSPS) is 18.1. The van der Waals surface area contributed by atoms with Gasteiger partial charge in [-0.2, -0.15) is 0 Å². The average Bonchev–Trinajstić information content (AvgIpc) is 3.31. The van der Waals surface area contributed by atoms with E-state index in [4.69, 9.17) is 0 Å². The van der Waals surface area contributed by atoms with E-state index in [1.54, 1.807) is 18.2 Å². The van der Waals surface area contributed by atoms with E-state index in [2.05, 4.69) is 5.32 Å². The van der Waals surface area contributed by atoms with Crippen LogP contribution in [0.2, 0.25) is 0 Å². The Morgan fingerprint density at radius 1 is 1.07 bits per heavy atom. The van der Waals surface area contributed by atoms with Crippen LogP contribution < -0.4 is 10.2 Å². The number of benzene rings is 2. The van der Waals surface area contributed by atoms with Crippen LogP contribution in [0, 0.1) is 18.6 Å². The highest BCUT2D eigenvalue weighted by Crippen LogP contribution is 2.28. The number of nitrogens with zero attached hydrogens (tertiary/aromatic N) is 2. The molecule has 0 aromatic heterocycles. The van der Waals surface area contributed by atoms with Crippen molar-refractivity contribution in [1.82, 2.24) is 10.2 Å². The summed E-state index contributed by atoms with van der Waals surface area (Å²) in [5.74, 6) is -1.41. The molecule has 0 aliphatic carbocycles. The molecule has 2 saturated heterocycles. The number of nitrogens with one attached hydrogen (secondary N) is 1. The lowest BCUT2D eigenvalue weighted by atomic mass is 10.1. The van der Waals surface area contributed by atoms with E-state index < -0.39 is 17.8 Å². The summed E-state index contributed by atoms with van der Waals surface area (Å²) in [5, 5.41) is 2.50. The van der Waals surface area contributed by atoms with E-state index in [0.29, 0.717) is 11.3 Å². The molecular weight excluding hydrogens is 376 g/mol. The van der Waals surface area contributed by atoms with Gasteiger partial charge in [-0.05, 0) is 55.2 Å². The molecule has 2 heterocycles. The number of hydrogen-bond donors (Lipinski definition) is 1. The van der Waals surface area contributed by atoms with Crippen LogP contribution in [0.5, 0.6) is 0 Å². The zero-order valence-corrected chi connectivity index (χ0v) is 16.0. The fraction of sp³-hybridized carbons (Fsp3) is 0.273. The molecule has 0 unspecified atom stereocenters. The molecule has 150 valence electrons. The number of halogens is 2. The van der Waals surface area contributed by atoms with Crippen LogP contribution in [0.25, 0.3) is 6.08 Å². The molecule has 1 N–H and O–H groups in total. The van der Waals surface area contributed by atoms with Crippen molar-refractivity contribution >= 4 is 23.7 Å². The van der Waals surface area contributed by atoms with Gasteiger partial charge in [-0.15, -0.1) is 0 Å². The van der Waals surface area contributed by atoms with Gasteiger partial charge >= 0.3 is 6.03 Å². The molecule has 7 heteroatoms. The number of urea groups is 1. The van der Waals surface area contributed by atoms with Crippen molar-refractivity contribution in [2.24, 2.45) is 0 Å². The van der Waals surface area contributed by atoms with Crippen LogP contribution in [0.4, 0.5) is 19.3 Å². The number of carbonyl (C=O) groups is 2. The molecule has 0 bridgehead atoms. The number of carbonyl (C=O) groups excluding carboxylic acids is 2. The highest BCUT2D eigenvalue weighted by Gasteiger charge is 2.34. The van der Waals surface area contributed by atoms with Crippen LogP contribution >= 0.6 is 0 Å². The van der Waals surface area contributed by atoms with E-state index in [-0.39, 0.29) is 23.6 Å². The first-order valence-corrected chi connectivity index (χ1v) is 9.57. The van der Waals surface area contributed by atoms with Gasteiger partial charge in [-0.25, -0.2) is 13.6 Å². The van der Waals surface area contributed by atoms with Gasteiger partial charge in [-0.1, -0.05) is 18.2 Å². The Labute approximate surface area is 167 Å². The third-order valence-corrected chi connectivity index (χ3v) is 5.33. The monoisotopic (exact) mass is 397 g/mol. The minimum Gasteiger partial charge on any atom is -0.369 e. The number of rotatable bonds is 4. The number of imide groups is 1. The van der Waals surface area contributed by atoms with Crippen molar-refractivity contribution < 1.29 is 18.4 Å². The second-order valence-electron chi connectivity index (χ2n) is 7.33. The minimum atomic E-state index is -0.628. The van der Waals surface area contributed by atoms with Crippen molar-refractivity contribution in [2.75, 3.05) is 18.0 Å². The second kappa shape index (κ2) is 7.66. The Balaban J connectivity index is 1.58. The van der Waals surface area contributed by atoms with Crippen molar-refractivity contribution in [3.63, 3.8) is 0 Å². The molecule has 0 saturated carbocycles. The number of aryl methyl sites for hydroxylation is 1. The Hall–Kier alpha value is -3.22. The summed E-state index contributed by atoms with van der Waals surface area (Å²) in [4.78, 5) is 27.8. The zero-order valence-electron chi connectivity index (χ0n) is 16.0. The molecule has 29 heavy (non-hydrogen) atoms. The van der Waals surface area contributed by atoms with E-state index >= 15 is 0 Å². The third-order valence-electron chi connectivity index (χ3n) is 5.33. The lowest BCUT2D eigenvalue weighted by molar-refractivity contribution is -0.123. The number of anilines is 1. The smallest absolute Gasteiger partial charge is 0.329 e. The number of hydrogen-bond acceptors (Lipinski definition) is 3. The maximum absolute atomic E-state index is 14.6. The molecule has 2 aromatic rings. The van der Waals surface area contributed by atoms with Gasteiger partial charge in [0.1, 0.15) is 17.3 Å². The van der Waals surface area contributed by atoms with Crippen LogP contribution in [0.3, 0.4) is 0 Å². The topological polar surface area (TPSA) is 52.7 Å². The Kier molecular flexibility index (Phi) is 5.05. The summed E-state index contributed by atoms with van der Waals surface area (Å²) in [5.41, 5.74) is 2.17. The maximum atomic E-state index is 14.6. The highest BCUT2D eigenvalue weighted by molar-refractivity contribution is 6.14. The molecular formula is C22H21F2N3O2. The van der Waals surface area contributed by atoms with E-state index in [1.807, 2.05) is 11.8 Å². The summed E-state index contributed by atoms with van der Waals surface area (Å²) in [6.07, 6.45) is 3.55. The van der Waals surface area contributed by atoms with Crippen LogP contribution in [-0.2, 0) is 11.3 Å². The molecule has 2 fully saturated rings. The summed E-state index contributed by atoms with van der Waals surface area (Å²) >= 11 is 0. The quantitative estimate of drug-likeness (QED) is 0.628. The largest absolute Gasteiger partial charge is 0.369 e. The SMILES string of the molecule is Cc1cc(N2CCCC2)c(F)cc1C=C1NC(=O)N(Cc2ccccc2F)C1=O. The molecule has 3 amide bonds. The van der Waals surface area contributed by atoms with Gasteiger partial charge in [0.15, 0.2) is 0 Å². The van der Waals surface area contributed by atoms with Gasteiger partial charge in [0.25, 0.3) is 5.91 Å². The summed E-state index contributed by atoms with van der Waals surface area (Å²) in [7, 11) is 0. The standard InChI is InChI=1S/C22H21F2N3O2/c1-14-10-20(26-8-4-5-9-26)18(24)11-16(14)12-19-21(28)27(22(29)25-19)13-15-6-2-3-7-17(15)23/h2-3,6-7,10-12H,4-5,8-9,13H2,1H3,(H,25,29). The Bertz CT molecular complexity index is 1010. The number of amides is 3. The van der Waals surface area contributed by atoms with Crippen LogP contribution in [0.15, 0.2) is 42.1 Å². The molecule has 0 atom stereocenters. The van der Waals surface area contributed by atoms with Crippen LogP contribution in [-0.4, -0.2) is 29.9 Å². The first-order valence-electron chi connectivity index (χ1n) is 9.57. The van der Waals surface area contributed by atoms with Gasteiger partial charge in [0.2, 0.25) is 0 Å². The van der Waals surface area contributed by atoms with Crippen molar-refractivity contribution in [3.8, 4) is 0 Å². The first kappa shape index (κ1) is 19.1. The fourth-order valence-electron chi connectivity index (χ4n) is 3.71. The molecule has 2 aliphatic rings. The Morgan fingerprint density at radius 3 is 2.52 bits per heavy atom. The minimum absolute atomic E-state index is 0.0442. The van der Waals surface area contributed by atoms with E-state index in [9.17, 15) is 18.4 Å². The van der Waals surface area contributed by atoms with Crippen molar-refractivity contribution in [3.05, 3.63) is 70.4 Å². The average molecular weight is 397 g/mol. The van der Waals surface area contributed by atoms with Gasteiger partial charge in [0.05, 0.1) is 12.2 Å². The molecule has 5 nitrogen and oxygen atoms in total. The van der Waals surface area contributed by atoms with E-state index in [0.717, 1.165) is 36.4 Å². The van der Waals surface area contributed by atoms with Gasteiger partial charge in [-0.3, -0.25) is 9.69 Å². The third kappa shape index (κ3) is 3.72. The van der Waals surface area contributed by atoms with Gasteiger partial charge in [0, 0.05) is 18.7 Å². The fourth-order valence-corrected chi connectivity index (χ4v) is 3.71.